The Morgan fingerprint density at radius 3 is 2.55 bits per heavy atom. The fourth-order valence-corrected chi connectivity index (χ4v) is 5.21. The molecule has 190 valence electrons. The molecule has 2 aromatic carbocycles. The van der Waals surface area contributed by atoms with Gasteiger partial charge in [0.25, 0.3) is 10.0 Å². The Morgan fingerprint density at radius 2 is 1.82 bits per heavy atom. The number of H-pyrrole nitrogens is 1. The summed E-state index contributed by atoms with van der Waals surface area (Å²) in [5.41, 5.74) is 3.92. The fourth-order valence-electron chi connectivity index (χ4n) is 3.91. The summed E-state index contributed by atoms with van der Waals surface area (Å²) in [6.07, 6.45) is 1.58. The first-order valence-corrected chi connectivity index (χ1v) is 12.9. The molecule has 0 radical (unpaired) electrons. The third kappa shape index (κ3) is 4.85. The van der Waals surface area contributed by atoms with Crippen LogP contribution >= 0.6 is 0 Å². The molecule has 5 rings (SSSR count). The molecule has 0 bridgehead atoms. The average Bonchev–Trinajstić information content (AvgIpc) is 3.29. The van der Waals surface area contributed by atoms with Crippen LogP contribution in [-0.2, 0) is 10.0 Å². The molecule has 10 nitrogen and oxygen atoms in total. The van der Waals surface area contributed by atoms with Crippen molar-refractivity contribution >= 4 is 26.6 Å². The van der Waals surface area contributed by atoms with Crippen LogP contribution in [0.15, 0.2) is 71.8 Å². The van der Waals surface area contributed by atoms with Crippen LogP contribution in [0.25, 0.3) is 22.2 Å². The van der Waals surface area contributed by atoms with Gasteiger partial charge in [-0.3, -0.25) is 9.82 Å². The van der Waals surface area contributed by atoms with Gasteiger partial charge in [0.15, 0.2) is 0 Å². The van der Waals surface area contributed by atoms with Crippen LogP contribution in [0.5, 0.6) is 17.5 Å². The maximum Gasteiger partial charge on any atom is 0.263 e. The summed E-state index contributed by atoms with van der Waals surface area (Å²) >= 11 is 0. The summed E-state index contributed by atoms with van der Waals surface area (Å²) in [4.78, 5) is 8.75. The van der Waals surface area contributed by atoms with Crippen molar-refractivity contribution < 1.29 is 17.9 Å². The lowest BCUT2D eigenvalue weighted by molar-refractivity contribution is 0.391. The highest BCUT2D eigenvalue weighted by atomic mass is 32.2. The number of aromatic amines is 1. The molecule has 3 aromatic heterocycles. The van der Waals surface area contributed by atoms with Gasteiger partial charge in [-0.1, -0.05) is 18.2 Å². The van der Waals surface area contributed by atoms with Crippen molar-refractivity contribution in [2.24, 2.45) is 0 Å². The maximum absolute atomic E-state index is 13.0. The minimum atomic E-state index is -3.97. The Kier molecular flexibility index (Phi) is 6.40. The number of pyridine rings is 2. The molecule has 0 saturated carbocycles. The molecule has 0 aliphatic carbocycles. The molecule has 0 unspecified atom stereocenters. The molecule has 0 saturated heterocycles. The number of aromatic nitrogens is 4. The minimum absolute atomic E-state index is 0.0698. The van der Waals surface area contributed by atoms with E-state index in [1.54, 1.807) is 55.6 Å². The summed E-state index contributed by atoms with van der Waals surface area (Å²) in [6, 6.07) is 18.5. The predicted octanol–water partition coefficient (Wildman–Crippen LogP) is 5.11. The molecule has 5 aromatic rings. The number of sulfonamides is 1. The number of rotatable bonds is 7. The second kappa shape index (κ2) is 9.84. The zero-order chi connectivity index (χ0) is 26.9. The van der Waals surface area contributed by atoms with Crippen molar-refractivity contribution in [2.45, 2.75) is 18.7 Å². The normalized spacial score (nSPS) is 11.2. The van der Waals surface area contributed by atoms with Crippen molar-refractivity contribution in [3.63, 3.8) is 0 Å². The van der Waals surface area contributed by atoms with Crippen LogP contribution in [-0.4, -0.2) is 35.7 Å². The number of methoxy groups -OCH3 is 1. The van der Waals surface area contributed by atoms with Gasteiger partial charge in [-0.25, -0.2) is 18.4 Å². The fraction of sp³-hybridized carbons (Fsp3) is 0.111. The number of nitrogens with zero attached hydrogens (tertiary/aromatic N) is 4. The van der Waals surface area contributed by atoms with Gasteiger partial charge in [-0.2, -0.15) is 10.4 Å². The van der Waals surface area contributed by atoms with Gasteiger partial charge < -0.3 is 9.47 Å². The second-order valence-corrected chi connectivity index (χ2v) is 10.1. The van der Waals surface area contributed by atoms with Crippen LogP contribution in [0.3, 0.4) is 0 Å². The van der Waals surface area contributed by atoms with E-state index in [1.165, 1.54) is 19.2 Å². The van der Waals surface area contributed by atoms with E-state index in [0.717, 1.165) is 22.2 Å². The van der Waals surface area contributed by atoms with Crippen LogP contribution in [0.1, 0.15) is 16.8 Å². The smallest absolute Gasteiger partial charge is 0.263 e. The van der Waals surface area contributed by atoms with E-state index in [0.29, 0.717) is 34.4 Å². The molecule has 2 N–H and O–H groups in total. The number of hydrogen-bond acceptors (Lipinski definition) is 8. The van der Waals surface area contributed by atoms with Gasteiger partial charge in [0.2, 0.25) is 11.8 Å². The average molecular weight is 527 g/mol. The molecule has 0 aliphatic rings. The van der Waals surface area contributed by atoms with Gasteiger partial charge in [0.1, 0.15) is 16.7 Å². The largest absolute Gasteiger partial charge is 0.481 e. The van der Waals surface area contributed by atoms with E-state index >= 15 is 0 Å². The zero-order valence-corrected chi connectivity index (χ0v) is 21.5. The van der Waals surface area contributed by atoms with E-state index in [1.807, 2.05) is 19.1 Å². The molecule has 0 spiro atoms. The maximum atomic E-state index is 13.0. The molecule has 38 heavy (non-hydrogen) atoms. The Morgan fingerprint density at radius 1 is 1.03 bits per heavy atom. The van der Waals surface area contributed by atoms with Gasteiger partial charge in [-0.15, -0.1) is 0 Å². The van der Waals surface area contributed by atoms with Crippen LogP contribution in [0.4, 0.5) is 5.69 Å². The van der Waals surface area contributed by atoms with Crippen molar-refractivity contribution in [1.29, 1.82) is 5.26 Å². The first-order chi connectivity index (χ1) is 18.3. The molecule has 11 heteroatoms. The number of nitrogens with one attached hydrogen (secondary N) is 2. The number of benzene rings is 2. The first-order valence-electron chi connectivity index (χ1n) is 11.4. The molecule has 0 fully saturated rings. The third-order valence-electron chi connectivity index (χ3n) is 5.79. The second-order valence-electron chi connectivity index (χ2n) is 8.49. The summed E-state index contributed by atoms with van der Waals surface area (Å²) in [5.74, 6) is 1.26. The number of fused-ring (bicyclic) bond motifs is 1. The molecule has 0 aliphatic heterocycles. The van der Waals surface area contributed by atoms with E-state index < -0.39 is 10.0 Å². The van der Waals surface area contributed by atoms with Crippen molar-refractivity contribution in [1.82, 2.24) is 20.2 Å². The molecule has 3 heterocycles. The molecule has 0 amide bonds. The third-order valence-corrected chi connectivity index (χ3v) is 7.22. The Balaban J connectivity index is 1.47. The van der Waals surface area contributed by atoms with E-state index in [2.05, 4.69) is 19.9 Å². The predicted molar refractivity (Wildman–Crippen MR) is 142 cm³/mol. The molecule has 0 atom stereocenters. The monoisotopic (exact) mass is 526 g/mol. The van der Waals surface area contributed by atoms with Crippen LogP contribution < -0.4 is 14.2 Å². The number of hydrogen-bond donors (Lipinski definition) is 2. The van der Waals surface area contributed by atoms with Gasteiger partial charge in [0, 0.05) is 29.2 Å². The molecular formula is C27H22N6O4S. The van der Waals surface area contributed by atoms with Crippen LogP contribution in [0.2, 0.25) is 0 Å². The summed E-state index contributed by atoms with van der Waals surface area (Å²) in [7, 11) is -2.44. The minimum Gasteiger partial charge on any atom is -0.481 e. The number of anilines is 1. The summed E-state index contributed by atoms with van der Waals surface area (Å²) in [5, 5.41) is 17.4. The van der Waals surface area contributed by atoms with Crippen molar-refractivity contribution in [3.05, 3.63) is 83.7 Å². The lowest BCUT2D eigenvalue weighted by atomic mass is 10.1. The Bertz CT molecular complexity index is 1810. The Hall–Kier alpha value is -4.95. The summed E-state index contributed by atoms with van der Waals surface area (Å²) < 4.78 is 39.8. The first kappa shape index (κ1) is 24.7. The highest BCUT2D eigenvalue weighted by molar-refractivity contribution is 7.92. The van der Waals surface area contributed by atoms with Gasteiger partial charge in [0.05, 0.1) is 29.3 Å². The van der Waals surface area contributed by atoms with Crippen molar-refractivity contribution in [3.8, 4) is 34.8 Å². The SMILES string of the molecule is COc1cc(Oc2nc(-c3ccc(NS(=O)(=O)c4cc(C)ccc4C#N)cc3)cc3n[nH]c(C)c23)ccn1. The topological polar surface area (TPSA) is 143 Å². The Labute approximate surface area is 219 Å². The standard InChI is InChI=1S/C27H22N6O4S/c1-16-4-5-19(15-28)24(12-16)38(34,35)33-20-8-6-18(7-9-20)22-14-23-26(17(2)31-32-23)27(30-22)37-21-10-11-29-25(13-21)36-3/h4-14,33H,1-3H3,(H,31,32). The van der Waals surface area contributed by atoms with Gasteiger partial charge >= 0.3 is 0 Å². The quantitative estimate of drug-likeness (QED) is 0.298. The summed E-state index contributed by atoms with van der Waals surface area (Å²) in [6.45, 7) is 3.65. The lowest BCUT2D eigenvalue weighted by Crippen LogP contribution is -2.14. The van der Waals surface area contributed by atoms with E-state index in [4.69, 9.17) is 14.5 Å². The number of aryl methyl sites for hydroxylation is 2. The van der Waals surface area contributed by atoms with Gasteiger partial charge in [-0.05, 0) is 55.8 Å². The number of nitriles is 1. The number of ether oxygens (including phenoxy) is 2. The highest BCUT2D eigenvalue weighted by Crippen LogP contribution is 2.34. The highest BCUT2D eigenvalue weighted by Gasteiger charge is 2.20. The van der Waals surface area contributed by atoms with Crippen LogP contribution in [0, 0.1) is 25.2 Å². The zero-order valence-electron chi connectivity index (χ0n) is 20.7. The van der Waals surface area contributed by atoms with Crippen molar-refractivity contribution in [2.75, 3.05) is 11.8 Å². The van der Waals surface area contributed by atoms with E-state index in [9.17, 15) is 13.7 Å². The molecular weight excluding hydrogens is 504 g/mol. The lowest BCUT2D eigenvalue weighted by Gasteiger charge is -2.12. The van der Waals surface area contributed by atoms with E-state index in [-0.39, 0.29) is 10.5 Å².